The Morgan fingerprint density at radius 3 is 2.35 bits per heavy atom. The van der Waals surface area contributed by atoms with Crippen molar-refractivity contribution in [2.45, 2.75) is 70.0 Å². The van der Waals surface area contributed by atoms with Gasteiger partial charge in [0, 0.05) is 19.4 Å². The highest BCUT2D eigenvalue weighted by Crippen LogP contribution is 2.32. The Hall–Kier alpha value is -3.76. The third-order valence-corrected chi connectivity index (χ3v) is 7.77. The van der Waals surface area contributed by atoms with Gasteiger partial charge in [-0.15, -0.1) is 5.90 Å². The smallest absolute Gasteiger partial charge is 0.319 e. The summed E-state index contributed by atoms with van der Waals surface area (Å²) in [5, 5.41) is 12.9. The molecule has 0 saturated heterocycles. The highest BCUT2D eigenvalue weighted by Gasteiger charge is 2.46. The second-order valence-corrected chi connectivity index (χ2v) is 10.5. The van der Waals surface area contributed by atoms with Crippen LogP contribution < -0.4 is 21.8 Å². The van der Waals surface area contributed by atoms with Crippen molar-refractivity contribution in [1.82, 2.24) is 16.0 Å². The van der Waals surface area contributed by atoms with Gasteiger partial charge in [-0.3, -0.25) is 19.7 Å². The number of hydrogen-bond acceptors (Lipinski definition) is 8. The number of esters is 1. The summed E-state index contributed by atoms with van der Waals surface area (Å²) in [5.41, 5.74) is 2.64. The van der Waals surface area contributed by atoms with Crippen molar-refractivity contribution in [2.75, 3.05) is 13.2 Å². The molecule has 2 aromatic carbocycles. The maximum atomic E-state index is 13.9. The molecule has 0 aromatic heterocycles. The van der Waals surface area contributed by atoms with Crippen molar-refractivity contribution in [2.24, 2.45) is 17.0 Å². The average molecular weight is 550 g/mol. The summed E-state index contributed by atoms with van der Waals surface area (Å²) >= 11 is 0. The molecule has 0 aliphatic heterocycles. The molecule has 2 amide bonds. The number of rotatable bonds is 12. The minimum absolute atomic E-state index is 0.0556. The van der Waals surface area contributed by atoms with Crippen LogP contribution in [-0.4, -0.2) is 48.7 Å². The molecule has 2 aromatic rings. The van der Waals surface area contributed by atoms with Gasteiger partial charge in [-0.25, -0.2) is 0 Å². The number of ether oxygens (including phenoxy) is 1. The van der Waals surface area contributed by atoms with Crippen LogP contribution in [0.15, 0.2) is 53.7 Å². The Labute approximate surface area is 235 Å². The quantitative estimate of drug-likeness (QED) is 0.181. The predicted octanol–water partition coefficient (Wildman–Crippen LogP) is 2.28. The van der Waals surface area contributed by atoms with Crippen LogP contribution in [0.2, 0.25) is 0 Å². The van der Waals surface area contributed by atoms with E-state index in [0.29, 0.717) is 19.4 Å². The van der Waals surface area contributed by atoms with E-state index in [1.807, 2.05) is 48.5 Å². The van der Waals surface area contributed by atoms with Gasteiger partial charge in [-0.1, -0.05) is 72.9 Å². The zero-order valence-corrected chi connectivity index (χ0v) is 23.0. The summed E-state index contributed by atoms with van der Waals surface area (Å²) in [4.78, 5) is 44.1. The molecule has 4 rings (SSSR count). The predicted molar refractivity (Wildman–Crippen MR) is 151 cm³/mol. The minimum atomic E-state index is -1.13. The Balaban J connectivity index is 1.51. The van der Waals surface area contributed by atoms with Crippen molar-refractivity contribution in [3.8, 4) is 0 Å². The standard InChI is InChI=1S/C30H39N5O5/c1-2-39-26(36)20-32-27(23-8-4-3-5-9-23)28(37)35-30(16-24-10-6-7-11-25(24)17-30)29(38)33-18-21-12-14-22(15-13-21)19-34-40-31/h6-7,10-15,19,23,27,32H,2-5,8-9,16-18,20,31H2,1H3,(H,33,38)(H,35,37)/t27-/m1/s1. The molecular weight excluding hydrogens is 510 g/mol. The lowest BCUT2D eigenvalue weighted by molar-refractivity contribution is -0.142. The summed E-state index contributed by atoms with van der Waals surface area (Å²) in [6.07, 6.45) is 7.28. The molecule has 1 saturated carbocycles. The van der Waals surface area contributed by atoms with Crippen LogP contribution in [0, 0.1) is 5.92 Å². The van der Waals surface area contributed by atoms with Gasteiger partial charge in [-0.05, 0) is 47.9 Å². The molecule has 214 valence electrons. The number of nitrogens with two attached hydrogens (primary N) is 1. The molecule has 5 N–H and O–H groups in total. The van der Waals surface area contributed by atoms with Crippen molar-refractivity contribution in [3.63, 3.8) is 0 Å². The molecule has 10 nitrogen and oxygen atoms in total. The minimum Gasteiger partial charge on any atom is -0.465 e. The van der Waals surface area contributed by atoms with Crippen LogP contribution in [-0.2, 0) is 43.4 Å². The molecule has 40 heavy (non-hydrogen) atoms. The topological polar surface area (TPSA) is 144 Å². The van der Waals surface area contributed by atoms with Gasteiger partial charge in [0.05, 0.1) is 25.4 Å². The highest BCUT2D eigenvalue weighted by atomic mass is 16.7. The van der Waals surface area contributed by atoms with E-state index in [-0.39, 0.29) is 30.9 Å². The molecule has 1 atom stereocenters. The summed E-state index contributed by atoms with van der Waals surface area (Å²) in [6.45, 7) is 2.27. The van der Waals surface area contributed by atoms with E-state index >= 15 is 0 Å². The van der Waals surface area contributed by atoms with Gasteiger partial charge < -0.3 is 20.3 Å². The SMILES string of the molecule is CCOC(=O)CN[C@@H](C(=O)NC1(C(=O)NCc2ccc(C=NON)cc2)Cc2ccccc2C1)C1CCCCC1. The zero-order valence-electron chi connectivity index (χ0n) is 23.0. The van der Waals surface area contributed by atoms with E-state index < -0.39 is 17.6 Å². The summed E-state index contributed by atoms with van der Waals surface area (Å²) < 4.78 is 5.08. The Morgan fingerprint density at radius 2 is 1.73 bits per heavy atom. The summed E-state index contributed by atoms with van der Waals surface area (Å²) in [6, 6.07) is 14.7. The van der Waals surface area contributed by atoms with Crippen molar-refractivity contribution in [1.29, 1.82) is 0 Å². The highest BCUT2D eigenvalue weighted by molar-refractivity contribution is 5.94. The van der Waals surface area contributed by atoms with Crippen molar-refractivity contribution in [3.05, 3.63) is 70.8 Å². The largest absolute Gasteiger partial charge is 0.465 e. The number of carbonyl (C=O) groups excluding carboxylic acids is 3. The number of nitrogens with zero attached hydrogens (tertiary/aromatic N) is 1. The lowest BCUT2D eigenvalue weighted by Gasteiger charge is -2.35. The van der Waals surface area contributed by atoms with Crippen LogP contribution in [0.1, 0.15) is 61.3 Å². The molecule has 2 aliphatic rings. The number of benzene rings is 2. The molecule has 0 spiro atoms. The van der Waals surface area contributed by atoms with Gasteiger partial charge in [0.2, 0.25) is 11.8 Å². The Kier molecular flexibility index (Phi) is 10.3. The van der Waals surface area contributed by atoms with Crippen LogP contribution in [0.3, 0.4) is 0 Å². The third kappa shape index (κ3) is 7.45. The second-order valence-electron chi connectivity index (χ2n) is 10.5. The molecular formula is C30H39N5O5. The molecule has 0 radical (unpaired) electrons. The first kappa shape index (κ1) is 29.2. The third-order valence-electron chi connectivity index (χ3n) is 7.77. The number of nitrogens with one attached hydrogen (secondary N) is 3. The van der Waals surface area contributed by atoms with Gasteiger partial charge in [0.15, 0.2) is 0 Å². The summed E-state index contributed by atoms with van der Waals surface area (Å²) in [5.74, 6) is 4.11. The van der Waals surface area contributed by atoms with Crippen LogP contribution in [0.5, 0.6) is 0 Å². The van der Waals surface area contributed by atoms with E-state index in [1.54, 1.807) is 6.92 Å². The van der Waals surface area contributed by atoms with Gasteiger partial charge in [0.25, 0.3) is 0 Å². The molecule has 0 unspecified atom stereocenters. The molecule has 1 fully saturated rings. The first-order chi connectivity index (χ1) is 19.4. The molecule has 0 heterocycles. The van der Waals surface area contributed by atoms with E-state index in [0.717, 1.165) is 54.4 Å². The average Bonchev–Trinajstić information content (AvgIpc) is 3.35. The molecule has 2 aliphatic carbocycles. The summed E-state index contributed by atoms with van der Waals surface area (Å²) in [7, 11) is 0. The fourth-order valence-electron chi connectivity index (χ4n) is 5.75. The first-order valence-electron chi connectivity index (χ1n) is 14.0. The van der Waals surface area contributed by atoms with E-state index in [4.69, 9.17) is 10.6 Å². The molecule has 10 heteroatoms. The maximum absolute atomic E-state index is 13.9. The number of carbonyl (C=O) groups is 3. The van der Waals surface area contributed by atoms with Crippen molar-refractivity contribution < 1.29 is 24.1 Å². The zero-order chi connectivity index (χ0) is 28.4. The number of oxime groups is 1. The fraction of sp³-hybridized carbons (Fsp3) is 0.467. The van der Waals surface area contributed by atoms with E-state index in [9.17, 15) is 14.4 Å². The Morgan fingerprint density at radius 1 is 1.05 bits per heavy atom. The lowest BCUT2D eigenvalue weighted by atomic mass is 9.82. The first-order valence-corrected chi connectivity index (χ1v) is 14.0. The Bertz CT molecular complexity index is 1170. The number of amides is 2. The van der Waals surface area contributed by atoms with Crippen molar-refractivity contribution >= 4 is 24.0 Å². The van der Waals surface area contributed by atoms with Gasteiger partial charge >= 0.3 is 5.97 Å². The van der Waals surface area contributed by atoms with Gasteiger partial charge in [0.1, 0.15) is 5.54 Å². The number of fused-ring (bicyclic) bond motifs is 1. The van der Waals surface area contributed by atoms with E-state index in [2.05, 4.69) is 26.0 Å². The molecule has 0 bridgehead atoms. The second kappa shape index (κ2) is 14.0. The normalized spacial score (nSPS) is 17.1. The lowest BCUT2D eigenvalue weighted by Crippen LogP contribution is -2.63. The van der Waals surface area contributed by atoms with E-state index in [1.165, 1.54) is 6.21 Å². The van der Waals surface area contributed by atoms with Crippen LogP contribution >= 0.6 is 0 Å². The van der Waals surface area contributed by atoms with Crippen LogP contribution in [0.4, 0.5) is 0 Å². The number of hydrogen-bond donors (Lipinski definition) is 4. The monoisotopic (exact) mass is 549 g/mol. The fourth-order valence-corrected chi connectivity index (χ4v) is 5.75. The maximum Gasteiger partial charge on any atom is 0.319 e. The van der Waals surface area contributed by atoms with Gasteiger partial charge in [-0.2, -0.15) is 0 Å². The van der Waals surface area contributed by atoms with Crippen LogP contribution in [0.25, 0.3) is 0 Å².